The lowest BCUT2D eigenvalue weighted by molar-refractivity contribution is -0.248. The van der Waals surface area contributed by atoms with Gasteiger partial charge in [0.2, 0.25) is 12.1 Å². The highest BCUT2D eigenvalue weighted by Gasteiger charge is 2.55. The summed E-state index contributed by atoms with van der Waals surface area (Å²) < 4.78 is 18.0. The van der Waals surface area contributed by atoms with Gasteiger partial charge < -0.3 is 13.9 Å². The first kappa shape index (κ1) is 22.3. The number of amides is 1. The Morgan fingerprint density at radius 3 is 2.52 bits per heavy atom. The van der Waals surface area contributed by atoms with Crippen LogP contribution in [-0.2, 0) is 23.5 Å². The largest absolute Gasteiger partial charge is 0.463 e. The summed E-state index contributed by atoms with van der Waals surface area (Å²) >= 11 is 0. The molecule has 2 saturated heterocycles. The first-order valence-electron chi connectivity index (χ1n) is 9.95. The number of carbonyl (C=O) groups excluding carboxylic acids is 2. The standard InChI is InChI=1S/C19H36N2O5Si/c1-9-10-11-24-18(23)17-21-14(12-15(22)20(21)6)16(13(2)25-17)26-27(7,8)19(3,4)5/h13-14,16-17H,9-12H2,1-8H3/t13-,14+,16-,17-/m0/s1. The van der Waals surface area contributed by atoms with Gasteiger partial charge in [0, 0.05) is 13.5 Å². The third kappa shape index (κ3) is 4.55. The minimum atomic E-state index is -2.07. The molecule has 0 aromatic heterocycles. The van der Waals surface area contributed by atoms with Crippen LogP contribution in [0, 0.1) is 0 Å². The van der Waals surface area contributed by atoms with Crippen molar-refractivity contribution < 1.29 is 23.5 Å². The summed E-state index contributed by atoms with van der Waals surface area (Å²) in [6.45, 7) is 15.3. The van der Waals surface area contributed by atoms with Crippen LogP contribution in [0.5, 0.6) is 0 Å². The molecule has 0 N–H and O–H groups in total. The van der Waals surface area contributed by atoms with E-state index in [1.807, 2.05) is 13.8 Å². The third-order valence-corrected chi connectivity index (χ3v) is 10.5. The monoisotopic (exact) mass is 400 g/mol. The van der Waals surface area contributed by atoms with Gasteiger partial charge in [0.15, 0.2) is 8.32 Å². The smallest absolute Gasteiger partial charge is 0.352 e. The first-order chi connectivity index (χ1) is 12.4. The molecule has 2 aliphatic rings. The van der Waals surface area contributed by atoms with Gasteiger partial charge in [-0.1, -0.05) is 34.1 Å². The fourth-order valence-corrected chi connectivity index (χ4v) is 4.64. The second-order valence-corrected chi connectivity index (χ2v) is 13.9. The van der Waals surface area contributed by atoms with Crippen LogP contribution in [0.1, 0.15) is 53.9 Å². The molecule has 2 rings (SSSR count). The predicted octanol–water partition coefficient (Wildman–Crippen LogP) is 2.91. The van der Waals surface area contributed by atoms with Gasteiger partial charge in [-0.15, -0.1) is 0 Å². The van der Waals surface area contributed by atoms with Gasteiger partial charge in [-0.05, 0) is 31.5 Å². The maximum absolute atomic E-state index is 12.6. The highest BCUT2D eigenvalue weighted by molar-refractivity contribution is 6.74. The SMILES string of the molecule is CCCCOC(=O)[C@@H]1O[C@@H](C)[C@H](O[Si](C)(C)C(C)(C)C)[C@H]2CC(=O)N(C)N21. The molecule has 7 nitrogen and oxygen atoms in total. The fraction of sp³-hybridized carbons (Fsp3) is 0.895. The Bertz CT molecular complexity index is 563. The zero-order valence-corrected chi connectivity index (χ0v) is 19.1. The van der Waals surface area contributed by atoms with Gasteiger partial charge in [-0.2, -0.15) is 5.01 Å². The molecule has 8 heteroatoms. The molecule has 0 spiro atoms. The number of hydrogen-bond acceptors (Lipinski definition) is 6. The van der Waals surface area contributed by atoms with Gasteiger partial charge in [0.05, 0.1) is 24.9 Å². The number of hydrazine groups is 1. The summed E-state index contributed by atoms with van der Waals surface area (Å²) in [5.41, 5.74) is 0. The van der Waals surface area contributed by atoms with Crippen molar-refractivity contribution in [1.82, 2.24) is 10.0 Å². The van der Waals surface area contributed by atoms with E-state index in [-0.39, 0.29) is 29.2 Å². The maximum Gasteiger partial charge on any atom is 0.352 e. The molecule has 2 heterocycles. The van der Waals surface area contributed by atoms with E-state index in [2.05, 4.69) is 33.9 Å². The Balaban J connectivity index is 2.23. The Labute approximate surface area is 164 Å². The van der Waals surface area contributed by atoms with Crippen LogP contribution in [0.25, 0.3) is 0 Å². The van der Waals surface area contributed by atoms with Crippen LogP contribution >= 0.6 is 0 Å². The third-order valence-electron chi connectivity index (χ3n) is 6.04. The van der Waals surface area contributed by atoms with Crippen LogP contribution in [0.2, 0.25) is 18.1 Å². The van der Waals surface area contributed by atoms with Crippen molar-refractivity contribution >= 4 is 20.2 Å². The summed E-state index contributed by atoms with van der Waals surface area (Å²) in [5, 5.41) is 3.25. The number of ether oxygens (including phenoxy) is 2. The average molecular weight is 401 g/mol. The molecule has 2 fully saturated rings. The van der Waals surface area contributed by atoms with Crippen LogP contribution in [0.4, 0.5) is 0 Å². The molecule has 0 saturated carbocycles. The molecule has 27 heavy (non-hydrogen) atoms. The molecule has 156 valence electrons. The number of hydrogen-bond donors (Lipinski definition) is 0. The predicted molar refractivity (Wildman–Crippen MR) is 105 cm³/mol. The van der Waals surface area contributed by atoms with E-state index in [9.17, 15) is 9.59 Å². The second-order valence-electron chi connectivity index (χ2n) is 9.13. The summed E-state index contributed by atoms with van der Waals surface area (Å²) in [6.07, 6.45) is 0.605. The fourth-order valence-electron chi connectivity index (χ4n) is 3.25. The molecule has 0 aromatic carbocycles. The quantitative estimate of drug-likeness (QED) is 0.388. The van der Waals surface area contributed by atoms with E-state index in [0.29, 0.717) is 13.0 Å². The summed E-state index contributed by atoms with van der Waals surface area (Å²) in [6, 6.07) is -0.218. The Morgan fingerprint density at radius 1 is 1.33 bits per heavy atom. The van der Waals surface area contributed by atoms with Crippen LogP contribution in [0.15, 0.2) is 0 Å². The van der Waals surface area contributed by atoms with Gasteiger partial charge >= 0.3 is 5.97 Å². The Morgan fingerprint density at radius 2 is 1.96 bits per heavy atom. The summed E-state index contributed by atoms with van der Waals surface area (Å²) in [4.78, 5) is 25.0. The lowest BCUT2D eigenvalue weighted by atomic mass is 10.0. The topological polar surface area (TPSA) is 68.3 Å². The number of unbranched alkanes of at least 4 members (excludes halogenated alkanes) is 1. The molecule has 0 radical (unpaired) electrons. The maximum atomic E-state index is 12.6. The lowest BCUT2D eigenvalue weighted by Crippen LogP contribution is -2.65. The zero-order chi connectivity index (χ0) is 20.6. The molecule has 1 amide bonds. The molecular formula is C19H36N2O5Si. The van der Waals surface area contributed by atoms with Crippen molar-refractivity contribution in [3.05, 3.63) is 0 Å². The minimum Gasteiger partial charge on any atom is -0.463 e. The van der Waals surface area contributed by atoms with Crippen LogP contribution < -0.4 is 0 Å². The second kappa shape index (κ2) is 8.19. The van der Waals surface area contributed by atoms with E-state index in [4.69, 9.17) is 13.9 Å². The number of fused-ring (bicyclic) bond motifs is 1. The van der Waals surface area contributed by atoms with E-state index < -0.39 is 20.5 Å². The zero-order valence-electron chi connectivity index (χ0n) is 18.1. The van der Waals surface area contributed by atoms with E-state index in [1.165, 1.54) is 5.01 Å². The molecular weight excluding hydrogens is 364 g/mol. The molecule has 0 unspecified atom stereocenters. The van der Waals surface area contributed by atoms with Gasteiger partial charge in [-0.25, -0.2) is 4.79 Å². The number of esters is 1. The van der Waals surface area contributed by atoms with Crippen LogP contribution in [0.3, 0.4) is 0 Å². The van der Waals surface area contributed by atoms with Crippen LogP contribution in [-0.4, -0.2) is 68.3 Å². The van der Waals surface area contributed by atoms with Gasteiger partial charge in [0.25, 0.3) is 0 Å². The number of carbonyl (C=O) groups is 2. The Kier molecular flexibility index (Phi) is 6.77. The van der Waals surface area contributed by atoms with E-state index in [1.54, 1.807) is 12.1 Å². The average Bonchev–Trinajstić information content (AvgIpc) is 2.84. The summed E-state index contributed by atoms with van der Waals surface area (Å²) in [7, 11) is -0.388. The lowest BCUT2D eigenvalue weighted by Gasteiger charge is -2.49. The molecule has 2 aliphatic heterocycles. The van der Waals surface area contributed by atoms with Crippen molar-refractivity contribution in [3.63, 3.8) is 0 Å². The highest BCUT2D eigenvalue weighted by Crippen LogP contribution is 2.41. The first-order valence-corrected chi connectivity index (χ1v) is 12.9. The van der Waals surface area contributed by atoms with Crippen molar-refractivity contribution in [3.8, 4) is 0 Å². The van der Waals surface area contributed by atoms with Crippen molar-refractivity contribution in [1.29, 1.82) is 0 Å². The number of rotatable bonds is 6. The molecule has 0 aliphatic carbocycles. The number of nitrogens with zero attached hydrogens (tertiary/aromatic N) is 2. The van der Waals surface area contributed by atoms with Gasteiger partial charge in [0.1, 0.15) is 0 Å². The van der Waals surface area contributed by atoms with Crippen molar-refractivity contribution in [2.45, 2.75) is 96.5 Å². The van der Waals surface area contributed by atoms with Crippen molar-refractivity contribution in [2.75, 3.05) is 13.7 Å². The Hall–Kier alpha value is -0.963. The molecule has 0 aromatic rings. The van der Waals surface area contributed by atoms with E-state index >= 15 is 0 Å². The minimum absolute atomic E-state index is 0.0344. The van der Waals surface area contributed by atoms with Crippen molar-refractivity contribution in [2.24, 2.45) is 0 Å². The van der Waals surface area contributed by atoms with E-state index in [0.717, 1.165) is 12.8 Å². The highest BCUT2D eigenvalue weighted by atomic mass is 28.4. The summed E-state index contributed by atoms with van der Waals surface area (Å²) in [5.74, 6) is -0.472. The molecule has 0 bridgehead atoms. The van der Waals surface area contributed by atoms with Gasteiger partial charge in [-0.3, -0.25) is 9.80 Å². The normalized spacial score (nSPS) is 29.8. The molecule has 4 atom stereocenters.